The van der Waals surface area contributed by atoms with E-state index in [0.29, 0.717) is 10.6 Å². The molecule has 1 amide bonds. The number of rotatable bonds is 8. The third-order valence-electron chi connectivity index (χ3n) is 4.63. The van der Waals surface area contributed by atoms with E-state index in [1.165, 1.54) is 31.4 Å². The second-order valence-electron chi connectivity index (χ2n) is 6.99. The number of carbonyl (C=O) groups excluding carboxylic acids is 1. The largest absolute Gasteiger partial charge is 0.493 e. The van der Waals surface area contributed by atoms with Gasteiger partial charge in [0.2, 0.25) is 0 Å². The average Bonchev–Trinajstić information content (AvgIpc) is 2.83. The van der Waals surface area contributed by atoms with E-state index in [0.717, 1.165) is 11.6 Å². The number of nitro benzene ring substituents is 1. The number of halogens is 3. The summed E-state index contributed by atoms with van der Waals surface area (Å²) in [4.78, 5) is 23.2. The highest BCUT2D eigenvalue weighted by molar-refractivity contribution is 6.32. The van der Waals surface area contributed by atoms with Crippen LogP contribution in [-0.4, -0.2) is 17.9 Å². The first-order valence-electron chi connectivity index (χ1n) is 9.83. The number of hydrogen-bond acceptors (Lipinski definition) is 6. The Balaban J connectivity index is 1.84. The third kappa shape index (κ3) is 6.64. The Bertz CT molecular complexity index is 1350. The number of amides is 1. The Kier molecular flexibility index (Phi) is 8.55. The molecular weight excluding hydrogens is 517 g/mol. The molecule has 0 heterocycles. The van der Waals surface area contributed by atoms with Gasteiger partial charge in [-0.1, -0.05) is 46.9 Å². The van der Waals surface area contributed by atoms with Gasteiger partial charge in [0.25, 0.3) is 11.6 Å². The van der Waals surface area contributed by atoms with Crippen molar-refractivity contribution in [2.45, 2.75) is 6.61 Å². The summed E-state index contributed by atoms with van der Waals surface area (Å²) in [6.45, 7) is 0.203. The van der Waals surface area contributed by atoms with Crippen molar-refractivity contribution in [1.29, 1.82) is 5.26 Å². The van der Waals surface area contributed by atoms with E-state index in [4.69, 9.17) is 44.3 Å². The second-order valence-corrected chi connectivity index (χ2v) is 8.27. The Hall–Kier alpha value is -3.77. The SMILES string of the molecule is COc1cc(/C=C(\C#N)C(=O)Nc2ccc(Cl)cc2[N+](=O)[O-])cc(Cl)c1OCc1ccc(Cl)cc1. The van der Waals surface area contributed by atoms with Gasteiger partial charge in [-0.25, -0.2) is 0 Å². The molecule has 0 spiro atoms. The lowest BCUT2D eigenvalue weighted by molar-refractivity contribution is -0.383. The minimum atomic E-state index is -0.851. The maximum atomic E-state index is 12.6. The molecule has 0 atom stereocenters. The van der Waals surface area contributed by atoms with Crippen LogP contribution in [0.1, 0.15) is 11.1 Å². The van der Waals surface area contributed by atoms with E-state index in [9.17, 15) is 20.2 Å². The van der Waals surface area contributed by atoms with Crippen molar-refractivity contribution in [1.82, 2.24) is 0 Å². The normalized spacial score (nSPS) is 10.9. The number of anilines is 1. The summed E-state index contributed by atoms with van der Waals surface area (Å²) in [6.07, 6.45) is 1.27. The van der Waals surface area contributed by atoms with Gasteiger partial charge in [0.05, 0.1) is 17.1 Å². The molecule has 0 radical (unpaired) electrons. The van der Waals surface area contributed by atoms with Crippen molar-refractivity contribution in [3.05, 3.63) is 96.5 Å². The number of hydrogen-bond donors (Lipinski definition) is 1. The first-order valence-corrected chi connectivity index (χ1v) is 11.0. The molecule has 11 heteroatoms. The quantitative estimate of drug-likeness (QED) is 0.150. The van der Waals surface area contributed by atoms with Gasteiger partial charge in [-0.3, -0.25) is 14.9 Å². The predicted molar refractivity (Wildman–Crippen MR) is 134 cm³/mol. The van der Waals surface area contributed by atoms with Crippen LogP contribution in [0.15, 0.2) is 60.2 Å². The fraction of sp³-hybridized carbons (Fsp3) is 0.0833. The van der Waals surface area contributed by atoms with Crippen molar-refractivity contribution in [2.24, 2.45) is 0 Å². The maximum Gasteiger partial charge on any atom is 0.294 e. The van der Waals surface area contributed by atoms with Crippen LogP contribution in [0.25, 0.3) is 6.08 Å². The molecule has 3 aromatic carbocycles. The van der Waals surface area contributed by atoms with Crippen LogP contribution >= 0.6 is 34.8 Å². The molecule has 0 aromatic heterocycles. The molecule has 1 N–H and O–H groups in total. The summed E-state index contributed by atoms with van der Waals surface area (Å²) in [6, 6.07) is 15.7. The molecular formula is C24H16Cl3N3O5. The minimum absolute atomic E-state index is 0.105. The van der Waals surface area contributed by atoms with Gasteiger partial charge < -0.3 is 14.8 Å². The zero-order valence-corrected chi connectivity index (χ0v) is 20.3. The summed E-state index contributed by atoms with van der Waals surface area (Å²) in [5.41, 5.74) is 0.406. The molecule has 3 rings (SSSR count). The monoisotopic (exact) mass is 531 g/mol. The van der Waals surface area contributed by atoms with Crippen LogP contribution in [0.3, 0.4) is 0 Å². The Morgan fingerprint density at radius 3 is 2.43 bits per heavy atom. The van der Waals surface area contributed by atoms with Crippen molar-refractivity contribution in [3.8, 4) is 17.6 Å². The van der Waals surface area contributed by atoms with Crippen LogP contribution in [0, 0.1) is 21.4 Å². The zero-order valence-electron chi connectivity index (χ0n) is 18.1. The maximum absolute atomic E-state index is 12.6. The van der Waals surface area contributed by atoms with Gasteiger partial charge in [-0.05, 0) is 53.6 Å². The van der Waals surface area contributed by atoms with E-state index in [1.54, 1.807) is 24.3 Å². The van der Waals surface area contributed by atoms with Gasteiger partial charge in [0.15, 0.2) is 11.5 Å². The van der Waals surface area contributed by atoms with Gasteiger partial charge >= 0.3 is 0 Å². The molecule has 178 valence electrons. The van der Waals surface area contributed by atoms with Gasteiger partial charge in [0.1, 0.15) is 23.9 Å². The standard InChI is InChI=1S/C24H16Cl3N3O5/c1-34-22-10-15(9-19(27)23(22)35-13-14-2-4-17(25)5-3-14)8-16(12-28)24(31)29-20-7-6-18(26)11-21(20)30(32)33/h2-11H,13H2,1H3,(H,29,31)/b16-8+. The number of benzene rings is 3. The molecule has 0 bridgehead atoms. The molecule has 8 nitrogen and oxygen atoms in total. The molecule has 3 aromatic rings. The van der Waals surface area contributed by atoms with Crippen molar-refractivity contribution in [2.75, 3.05) is 12.4 Å². The van der Waals surface area contributed by atoms with Crippen LogP contribution < -0.4 is 14.8 Å². The second kappa shape index (κ2) is 11.6. The summed E-state index contributed by atoms with van der Waals surface area (Å²) < 4.78 is 11.2. The smallest absolute Gasteiger partial charge is 0.294 e. The van der Waals surface area contributed by atoms with Crippen LogP contribution in [0.2, 0.25) is 15.1 Å². The minimum Gasteiger partial charge on any atom is -0.493 e. The molecule has 0 saturated heterocycles. The molecule has 0 unspecified atom stereocenters. The number of ether oxygens (including phenoxy) is 2. The van der Waals surface area contributed by atoms with Gasteiger partial charge in [0, 0.05) is 16.1 Å². The Morgan fingerprint density at radius 2 is 1.80 bits per heavy atom. The topological polar surface area (TPSA) is 114 Å². The average molecular weight is 533 g/mol. The van der Waals surface area contributed by atoms with E-state index in [1.807, 2.05) is 12.1 Å². The fourth-order valence-corrected chi connectivity index (χ4v) is 3.53. The highest BCUT2D eigenvalue weighted by Gasteiger charge is 2.19. The molecule has 0 fully saturated rings. The van der Waals surface area contributed by atoms with Crippen molar-refractivity contribution >= 4 is 58.2 Å². The highest BCUT2D eigenvalue weighted by Crippen LogP contribution is 2.37. The zero-order chi connectivity index (χ0) is 25.5. The van der Waals surface area contributed by atoms with E-state index < -0.39 is 16.5 Å². The molecule has 0 aliphatic carbocycles. The number of nitriles is 1. The fourth-order valence-electron chi connectivity index (χ4n) is 2.97. The number of methoxy groups -OCH3 is 1. The Morgan fingerprint density at radius 1 is 1.11 bits per heavy atom. The van der Waals surface area contributed by atoms with Crippen molar-refractivity contribution < 1.29 is 19.2 Å². The van der Waals surface area contributed by atoms with Gasteiger partial charge in [-0.2, -0.15) is 5.26 Å². The molecule has 0 aliphatic heterocycles. The van der Waals surface area contributed by atoms with Crippen molar-refractivity contribution in [3.63, 3.8) is 0 Å². The molecule has 35 heavy (non-hydrogen) atoms. The first kappa shape index (κ1) is 25.8. The predicted octanol–water partition coefficient (Wildman–Crippen LogP) is 6.69. The number of nitro groups is 1. The number of nitrogens with one attached hydrogen (secondary N) is 1. The van der Waals surface area contributed by atoms with Crippen LogP contribution in [-0.2, 0) is 11.4 Å². The summed E-state index contributed by atoms with van der Waals surface area (Å²) in [5, 5.41) is 24.0. The Labute approximate surface area is 215 Å². The van der Waals surface area contributed by atoms with E-state index >= 15 is 0 Å². The van der Waals surface area contributed by atoms with E-state index in [-0.39, 0.29) is 39.4 Å². The molecule has 0 aliphatic rings. The molecule has 0 saturated carbocycles. The number of nitrogens with zero attached hydrogens (tertiary/aromatic N) is 2. The lowest BCUT2D eigenvalue weighted by Gasteiger charge is -2.14. The number of carbonyl (C=O) groups is 1. The third-order valence-corrected chi connectivity index (χ3v) is 5.40. The summed E-state index contributed by atoms with van der Waals surface area (Å²) in [7, 11) is 1.42. The summed E-state index contributed by atoms with van der Waals surface area (Å²) >= 11 is 18.1. The first-order chi connectivity index (χ1) is 16.7. The summed E-state index contributed by atoms with van der Waals surface area (Å²) in [5.74, 6) is -0.291. The highest BCUT2D eigenvalue weighted by atomic mass is 35.5. The lowest BCUT2D eigenvalue weighted by atomic mass is 10.1. The van der Waals surface area contributed by atoms with Gasteiger partial charge in [-0.15, -0.1) is 0 Å². The van der Waals surface area contributed by atoms with Crippen LogP contribution in [0.5, 0.6) is 11.5 Å². The lowest BCUT2D eigenvalue weighted by Crippen LogP contribution is -2.14. The van der Waals surface area contributed by atoms with Crippen LogP contribution in [0.4, 0.5) is 11.4 Å². The van der Waals surface area contributed by atoms with E-state index in [2.05, 4.69) is 5.32 Å².